The van der Waals surface area contributed by atoms with Gasteiger partial charge in [0.2, 0.25) is 0 Å². The van der Waals surface area contributed by atoms with E-state index in [0.29, 0.717) is 11.7 Å². The second kappa shape index (κ2) is 2.38. The first-order chi connectivity index (χ1) is 5.27. The summed E-state index contributed by atoms with van der Waals surface area (Å²) < 4.78 is 0. The van der Waals surface area contributed by atoms with Gasteiger partial charge in [-0.15, -0.1) is 0 Å². The third-order valence-corrected chi connectivity index (χ3v) is 2.25. The minimum absolute atomic E-state index is 0.499. The lowest BCUT2D eigenvalue weighted by Gasteiger charge is -2.00. The molecule has 0 atom stereocenters. The number of anilines is 1. The quantitative estimate of drug-likeness (QED) is 0.698. The molecule has 0 aromatic carbocycles. The number of nitrogens with two attached hydrogens (primary N) is 1. The Labute approximate surface area is 70.4 Å². The van der Waals surface area contributed by atoms with Crippen molar-refractivity contribution in [3.05, 3.63) is 22.8 Å². The van der Waals surface area contributed by atoms with Gasteiger partial charge in [0.05, 0.1) is 0 Å². The van der Waals surface area contributed by atoms with E-state index in [2.05, 4.69) is 4.98 Å². The Morgan fingerprint density at radius 1 is 1.55 bits per heavy atom. The monoisotopic (exact) mass is 168 g/mol. The largest absolute Gasteiger partial charge is 0.384 e. The van der Waals surface area contributed by atoms with Gasteiger partial charge < -0.3 is 5.73 Å². The van der Waals surface area contributed by atoms with Crippen molar-refractivity contribution >= 4 is 17.4 Å². The summed E-state index contributed by atoms with van der Waals surface area (Å²) in [7, 11) is 0. The van der Waals surface area contributed by atoms with Gasteiger partial charge in [0.1, 0.15) is 5.82 Å². The second-order valence-electron chi connectivity index (χ2n) is 2.90. The van der Waals surface area contributed by atoms with E-state index in [1.54, 1.807) is 12.3 Å². The van der Waals surface area contributed by atoms with Gasteiger partial charge in [-0.2, -0.15) is 0 Å². The minimum atomic E-state index is 0.499. The number of rotatable bonds is 1. The predicted molar refractivity (Wildman–Crippen MR) is 45.6 cm³/mol. The molecule has 58 valence electrons. The fourth-order valence-corrected chi connectivity index (χ4v) is 1.47. The summed E-state index contributed by atoms with van der Waals surface area (Å²) in [5.41, 5.74) is 6.61. The highest BCUT2D eigenvalue weighted by atomic mass is 35.5. The molecule has 2 rings (SSSR count). The average molecular weight is 169 g/mol. The van der Waals surface area contributed by atoms with Gasteiger partial charge in [0.25, 0.3) is 0 Å². The Balaban J connectivity index is 2.39. The Morgan fingerprint density at radius 2 is 2.27 bits per heavy atom. The number of hydrogen-bond donors (Lipinski definition) is 1. The maximum absolute atomic E-state index is 5.94. The van der Waals surface area contributed by atoms with E-state index in [9.17, 15) is 0 Å². The molecule has 0 unspecified atom stereocenters. The zero-order chi connectivity index (χ0) is 7.84. The molecule has 0 aliphatic heterocycles. The summed E-state index contributed by atoms with van der Waals surface area (Å²) in [5, 5.41) is 0.764. The van der Waals surface area contributed by atoms with Gasteiger partial charge in [-0.25, -0.2) is 4.98 Å². The molecule has 0 bridgehead atoms. The summed E-state index contributed by atoms with van der Waals surface area (Å²) in [6.07, 6.45) is 4.27. The molecule has 0 radical (unpaired) electrons. The van der Waals surface area contributed by atoms with Crippen LogP contribution in [0.15, 0.2) is 12.3 Å². The normalized spacial score (nSPS) is 16.8. The summed E-state index contributed by atoms with van der Waals surface area (Å²) in [4.78, 5) is 3.99. The molecule has 1 aliphatic rings. The molecule has 1 fully saturated rings. The molecule has 1 aromatic rings. The molecule has 11 heavy (non-hydrogen) atoms. The molecular weight excluding hydrogens is 160 g/mol. The number of halogens is 1. The number of nitrogens with zero attached hydrogens (tertiary/aromatic N) is 1. The van der Waals surface area contributed by atoms with Crippen molar-refractivity contribution in [2.45, 2.75) is 18.8 Å². The molecule has 1 aromatic heterocycles. The van der Waals surface area contributed by atoms with Crippen LogP contribution in [0.1, 0.15) is 24.3 Å². The van der Waals surface area contributed by atoms with Crippen LogP contribution in [0.2, 0.25) is 5.02 Å². The molecular formula is C8H9ClN2. The van der Waals surface area contributed by atoms with Crippen LogP contribution in [-0.4, -0.2) is 4.98 Å². The van der Waals surface area contributed by atoms with Gasteiger partial charge in [-0.05, 0) is 30.4 Å². The van der Waals surface area contributed by atoms with Crippen molar-refractivity contribution in [3.8, 4) is 0 Å². The predicted octanol–water partition coefficient (Wildman–Crippen LogP) is 2.19. The highest BCUT2D eigenvalue weighted by Crippen LogP contribution is 2.42. The van der Waals surface area contributed by atoms with Crippen LogP contribution in [0.4, 0.5) is 5.82 Å². The molecule has 2 nitrogen and oxygen atoms in total. The Bertz CT molecular complexity index is 281. The molecule has 1 heterocycles. The van der Waals surface area contributed by atoms with Gasteiger partial charge >= 0.3 is 0 Å². The SMILES string of the molecule is Nc1cc(Cl)c(C2CC2)cn1. The summed E-state index contributed by atoms with van der Waals surface area (Å²) >= 11 is 5.94. The average Bonchev–Trinajstić information content (AvgIpc) is 2.70. The maximum Gasteiger partial charge on any atom is 0.124 e. The second-order valence-corrected chi connectivity index (χ2v) is 3.31. The minimum Gasteiger partial charge on any atom is -0.384 e. The highest BCUT2D eigenvalue weighted by molar-refractivity contribution is 6.31. The fraction of sp³-hybridized carbons (Fsp3) is 0.375. The lowest BCUT2D eigenvalue weighted by atomic mass is 10.2. The van der Waals surface area contributed by atoms with E-state index < -0.39 is 0 Å². The van der Waals surface area contributed by atoms with Crippen molar-refractivity contribution in [2.24, 2.45) is 0 Å². The summed E-state index contributed by atoms with van der Waals surface area (Å²) in [6, 6.07) is 1.72. The first-order valence-corrected chi connectivity index (χ1v) is 4.06. The van der Waals surface area contributed by atoms with Gasteiger partial charge in [-0.1, -0.05) is 11.6 Å². The van der Waals surface area contributed by atoms with Crippen LogP contribution in [0.25, 0.3) is 0 Å². The van der Waals surface area contributed by atoms with E-state index in [-0.39, 0.29) is 0 Å². The maximum atomic E-state index is 5.94. The lowest BCUT2D eigenvalue weighted by Crippen LogP contribution is -1.91. The summed E-state index contributed by atoms with van der Waals surface area (Å²) in [5.74, 6) is 1.15. The van der Waals surface area contributed by atoms with Gasteiger partial charge in [-0.3, -0.25) is 0 Å². The standard InChI is InChI=1S/C8H9ClN2/c9-7-3-8(10)11-4-6(7)5-1-2-5/h3-5H,1-2H2,(H2,10,11). The van der Waals surface area contributed by atoms with Gasteiger partial charge in [0.15, 0.2) is 0 Å². The molecule has 0 saturated heterocycles. The molecule has 0 amide bonds. The third kappa shape index (κ3) is 1.31. The number of aromatic nitrogens is 1. The molecule has 0 spiro atoms. The topological polar surface area (TPSA) is 38.9 Å². The van der Waals surface area contributed by atoms with Crippen molar-refractivity contribution < 1.29 is 0 Å². The Morgan fingerprint density at radius 3 is 2.82 bits per heavy atom. The molecule has 1 saturated carbocycles. The van der Waals surface area contributed by atoms with Crippen molar-refractivity contribution in [2.75, 3.05) is 5.73 Å². The van der Waals surface area contributed by atoms with Crippen LogP contribution in [0.3, 0.4) is 0 Å². The smallest absolute Gasteiger partial charge is 0.124 e. The van der Waals surface area contributed by atoms with Crippen LogP contribution < -0.4 is 5.73 Å². The number of pyridine rings is 1. The van der Waals surface area contributed by atoms with E-state index in [1.165, 1.54) is 12.8 Å². The van der Waals surface area contributed by atoms with Crippen LogP contribution in [0, 0.1) is 0 Å². The zero-order valence-electron chi connectivity index (χ0n) is 6.05. The van der Waals surface area contributed by atoms with E-state index in [1.807, 2.05) is 0 Å². The van der Waals surface area contributed by atoms with Crippen molar-refractivity contribution in [3.63, 3.8) is 0 Å². The summed E-state index contributed by atoms with van der Waals surface area (Å²) in [6.45, 7) is 0. The Hall–Kier alpha value is -0.760. The van der Waals surface area contributed by atoms with Gasteiger partial charge in [0, 0.05) is 11.2 Å². The Kier molecular flexibility index (Phi) is 1.50. The fourth-order valence-electron chi connectivity index (χ4n) is 1.15. The highest BCUT2D eigenvalue weighted by Gasteiger charge is 2.25. The van der Waals surface area contributed by atoms with Crippen molar-refractivity contribution in [1.82, 2.24) is 4.98 Å². The molecule has 3 heteroatoms. The van der Waals surface area contributed by atoms with E-state index >= 15 is 0 Å². The van der Waals surface area contributed by atoms with E-state index in [0.717, 1.165) is 10.6 Å². The first kappa shape index (κ1) is 6.92. The lowest BCUT2D eigenvalue weighted by molar-refractivity contribution is 1.10. The van der Waals surface area contributed by atoms with E-state index in [4.69, 9.17) is 17.3 Å². The van der Waals surface area contributed by atoms with Crippen LogP contribution in [-0.2, 0) is 0 Å². The third-order valence-electron chi connectivity index (χ3n) is 1.92. The number of hydrogen-bond acceptors (Lipinski definition) is 2. The molecule has 1 aliphatic carbocycles. The van der Waals surface area contributed by atoms with Crippen molar-refractivity contribution in [1.29, 1.82) is 0 Å². The molecule has 2 N–H and O–H groups in total. The van der Waals surface area contributed by atoms with Crippen LogP contribution in [0.5, 0.6) is 0 Å². The first-order valence-electron chi connectivity index (χ1n) is 3.68. The zero-order valence-corrected chi connectivity index (χ0v) is 6.80. The number of nitrogen functional groups attached to an aromatic ring is 1. The van der Waals surface area contributed by atoms with Crippen LogP contribution >= 0.6 is 11.6 Å².